The van der Waals surface area contributed by atoms with Gasteiger partial charge in [-0.2, -0.15) is 5.10 Å². The number of nitro benzene ring substituents is 1. The molecule has 2 N–H and O–H groups in total. The van der Waals surface area contributed by atoms with Gasteiger partial charge in [0.25, 0.3) is 11.6 Å². The van der Waals surface area contributed by atoms with Crippen LogP contribution >= 0.6 is 15.9 Å². The molecule has 0 atom stereocenters. The largest absolute Gasteiger partial charge is 0.504 e. The summed E-state index contributed by atoms with van der Waals surface area (Å²) in [7, 11) is 1.27. The fraction of sp³-hybridized carbons (Fsp3) is 0.0667. The van der Waals surface area contributed by atoms with Crippen LogP contribution in [0.2, 0.25) is 0 Å². The van der Waals surface area contributed by atoms with Crippen LogP contribution < -0.4 is 10.2 Å². The van der Waals surface area contributed by atoms with Gasteiger partial charge in [-0.15, -0.1) is 0 Å². The molecule has 9 heteroatoms. The molecule has 0 radical (unpaired) electrons. The Balaban J connectivity index is 2.23. The molecule has 0 bridgehead atoms. The second-order valence-corrected chi connectivity index (χ2v) is 5.38. The molecule has 0 aliphatic heterocycles. The number of hydrogen-bond donors (Lipinski definition) is 2. The lowest BCUT2D eigenvalue weighted by molar-refractivity contribution is -0.385. The smallest absolute Gasteiger partial charge is 0.274 e. The Morgan fingerprint density at radius 1 is 1.42 bits per heavy atom. The van der Waals surface area contributed by atoms with Crippen LogP contribution in [-0.4, -0.2) is 29.3 Å². The number of rotatable bonds is 5. The van der Waals surface area contributed by atoms with Crippen molar-refractivity contribution in [3.63, 3.8) is 0 Å². The number of hydrazone groups is 1. The van der Waals surface area contributed by atoms with Crippen LogP contribution in [0.4, 0.5) is 5.69 Å². The number of aromatic hydroxyl groups is 1. The lowest BCUT2D eigenvalue weighted by atomic mass is 10.2. The molecule has 8 nitrogen and oxygen atoms in total. The first kappa shape index (κ1) is 17.4. The average molecular weight is 394 g/mol. The third kappa shape index (κ3) is 3.87. The Morgan fingerprint density at radius 2 is 2.12 bits per heavy atom. The fourth-order valence-corrected chi connectivity index (χ4v) is 2.30. The van der Waals surface area contributed by atoms with Crippen LogP contribution in [0, 0.1) is 10.1 Å². The number of phenols is 1. The van der Waals surface area contributed by atoms with E-state index in [4.69, 9.17) is 4.74 Å². The van der Waals surface area contributed by atoms with Crippen LogP contribution in [0.15, 0.2) is 46.0 Å². The summed E-state index contributed by atoms with van der Waals surface area (Å²) < 4.78 is 5.47. The van der Waals surface area contributed by atoms with Crippen molar-refractivity contribution >= 4 is 33.7 Å². The van der Waals surface area contributed by atoms with E-state index >= 15 is 0 Å². The van der Waals surface area contributed by atoms with Crippen molar-refractivity contribution in [1.82, 2.24) is 5.43 Å². The van der Waals surface area contributed by atoms with Crippen LogP contribution in [0.1, 0.15) is 15.9 Å². The van der Waals surface area contributed by atoms with E-state index < -0.39 is 10.8 Å². The lowest BCUT2D eigenvalue weighted by Gasteiger charge is -2.06. The van der Waals surface area contributed by atoms with Crippen LogP contribution in [0.3, 0.4) is 0 Å². The Bertz CT molecular complexity index is 823. The number of ether oxygens (including phenoxy) is 1. The number of methoxy groups -OCH3 is 1. The van der Waals surface area contributed by atoms with Gasteiger partial charge in [-0.1, -0.05) is 12.1 Å². The molecule has 0 heterocycles. The lowest BCUT2D eigenvalue weighted by Crippen LogP contribution is -2.18. The molecule has 0 aliphatic rings. The van der Waals surface area contributed by atoms with E-state index in [0.29, 0.717) is 10.0 Å². The summed E-state index contributed by atoms with van der Waals surface area (Å²) >= 11 is 3.25. The highest BCUT2D eigenvalue weighted by molar-refractivity contribution is 9.10. The van der Waals surface area contributed by atoms with Crippen molar-refractivity contribution in [3.05, 3.63) is 62.1 Å². The zero-order chi connectivity index (χ0) is 17.7. The number of carbonyl (C=O) groups is 1. The van der Waals surface area contributed by atoms with Gasteiger partial charge in [0.05, 0.1) is 29.9 Å². The molecule has 0 saturated heterocycles. The number of carbonyl (C=O) groups excluding carboxylic acids is 1. The van der Waals surface area contributed by atoms with E-state index in [-0.39, 0.29) is 22.7 Å². The van der Waals surface area contributed by atoms with Crippen LogP contribution in [0.25, 0.3) is 0 Å². The van der Waals surface area contributed by atoms with Crippen LogP contribution in [0.5, 0.6) is 11.5 Å². The molecule has 2 aromatic rings. The molecule has 24 heavy (non-hydrogen) atoms. The Labute approximate surface area is 145 Å². The first-order chi connectivity index (χ1) is 11.4. The van der Waals surface area contributed by atoms with Gasteiger partial charge in [0.1, 0.15) is 0 Å². The third-order valence-corrected chi connectivity index (χ3v) is 3.70. The Morgan fingerprint density at radius 3 is 2.75 bits per heavy atom. The second-order valence-electron chi connectivity index (χ2n) is 4.52. The minimum atomic E-state index is -0.626. The number of nitro groups is 1. The summed E-state index contributed by atoms with van der Waals surface area (Å²) in [6.45, 7) is 0. The molecule has 2 aromatic carbocycles. The summed E-state index contributed by atoms with van der Waals surface area (Å²) in [5.41, 5.74) is 2.41. The number of non-ortho nitro benzene ring substituents is 1. The van der Waals surface area contributed by atoms with Gasteiger partial charge in [0, 0.05) is 16.1 Å². The van der Waals surface area contributed by atoms with E-state index in [0.717, 1.165) is 18.3 Å². The molecule has 0 aromatic heterocycles. The maximum absolute atomic E-state index is 12.0. The number of amides is 1. The van der Waals surface area contributed by atoms with E-state index in [1.807, 2.05) is 0 Å². The van der Waals surface area contributed by atoms with Crippen molar-refractivity contribution in [2.45, 2.75) is 0 Å². The van der Waals surface area contributed by atoms with Gasteiger partial charge >= 0.3 is 0 Å². The van der Waals surface area contributed by atoms with E-state index in [1.54, 1.807) is 24.3 Å². The van der Waals surface area contributed by atoms with Crippen molar-refractivity contribution < 1.29 is 19.6 Å². The quantitative estimate of drug-likeness (QED) is 0.460. The SMILES string of the molecule is COc1cc([N+](=O)[O-])cc(C=NNC(=O)c2ccccc2Br)c1O. The zero-order valence-corrected chi connectivity index (χ0v) is 14.0. The van der Waals surface area contributed by atoms with Gasteiger partial charge in [0.15, 0.2) is 11.5 Å². The minimum Gasteiger partial charge on any atom is -0.504 e. The number of nitrogens with zero attached hydrogens (tertiary/aromatic N) is 2. The predicted octanol–water partition coefficient (Wildman–Crippen LogP) is 2.84. The molecule has 0 fully saturated rings. The molecule has 0 spiro atoms. The maximum atomic E-state index is 12.0. The van der Waals surface area contributed by atoms with Crippen molar-refractivity contribution in [2.24, 2.45) is 5.10 Å². The van der Waals surface area contributed by atoms with E-state index in [2.05, 4.69) is 26.5 Å². The molecular formula is C15H12BrN3O5. The summed E-state index contributed by atoms with van der Waals surface area (Å²) in [5, 5.41) is 24.6. The molecule has 124 valence electrons. The average Bonchev–Trinajstić information content (AvgIpc) is 2.56. The van der Waals surface area contributed by atoms with Crippen molar-refractivity contribution in [2.75, 3.05) is 7.11 Å². The highest BCUT2D eigenvalue weighted by Crippen LogP contribution is 2.33. The number of nitrogens with one attached hydrogen (secondary N) is 1. The zero-order valence-electron chi connectivity index (χ0n) is 12.4. The number of benzene rings is 2. The van der Waals surface area contributed by atoms with Gasteiger partial charge in [-0.3, -0.25) is 14.9 Å². The number of halogens is 1. The van der Waals surface area contributed by atoms with Crippen molar-refractivity contribution in [3.8, 4) is 11.5 Å². The fourth-order valence-electron chi connectivity index (χ4n) is 1.84. The van der Waals surface area contributed by atoms with Gasteiger partial charge in [0.2, 0.25) is 0 Å². The highest BCUT2D eigenvalue weighted by Gasteiger charge is 2.16. The van der Waals surface area contributed by atoms with Crippen LogP contribution in [-0.2, 0) is 0 Å². The molecule has 0 saturated carbocycles. The standard InChI is InChI=1S/C15H12BrN3O5/c1-24-13-7-10(19(22)23)6-9(14(13)20)8-17-18-15(21)11-4-2-3-5-12(11)16/h2-8,20H,1H3,(H,18,21). The molecule has 0 aliphatic carbocycles. The van der Waals surface area contributed by atoms with Gasteiger partial charge in [-0.25, -0.2) is 5.43 Å². The number of phenolic OH excluding ortho intramolecular Hbond substituents is 1. The van der Waals surface area contributed by atoms with Gasteiger partial charge < -0.3 is 9.84 Å². The molecule has 2 rings (SSSR count). The normalized spacial score (nSPS) is 10.6. The van der Waals surface area contributed by atoms with Crippen molar-refractivity contribution in [1.29, 1.82) is 0 Å². The molecule has 0 unspecified atom stereocenters. The molecule has 1 amide bonds. The summed E-state index contributed by atoms with van der Waals surface area (Å²) in [5.74, 6) is -0.861. The molecular weight excluding hydrogens is 382 g/mol. The number of hydrogen-bond acceptors (Lipinski definition) is 6. The predicted molar refractivity (Wildman–Crippen MR) is 90.5 cm³/mol. The van der Waals surface area contributed by atoms with E-state index in [1.165, 1.54) is 7.11 Å². The maximum Gasteiger partial charge on any atom is 0.274 e. The summed E-state index contributed by atoms with van der Waals surface area (Å²) in [6, 6.07) is 8.97. The first-order valence-electron chi connectivity index (χ1n) is 6.57. The van der Waals surface area contributed by atoms with Gasteiger partial charge in [-0.05, 0) is 28.1 Å². The Hall–Kier alpha value is -2.94. The monoisotopic (exact) mass is 393 g/mol. The second kappa shape index (κ2) is 7.55. The third-order valence-electron chi connectivity index (χ3n) is 3.01. The minimum absolute atomic E-state index is 0.0356. The topological polar surface area (TPSA) is 114 Å². The summed E-state index contributed by atoms with van der Waals surface area (Å²) in [4.78, 5) is 22.2. The highest BCUT2D eigenvalue weighted by atomic mass is 79.9. The van der Waals surface area contributed by atoms with E-state index in [9.17, 15) is 20.0 Å². The first-order valence-corrected chi connectivity index (χ1v) is 7.36. The Kier molecular flexibility index (Phi) is 5.48. The summed E-state index contributed by atoms with van der Waals surface area (Å²) in [6.07, 6.45) is 1.10.